The molecule has 31 heavy (non-hydrogen) atoms. The Hall–Kier alpha value is -2.71. The molecule has 0 spiro atoms. The number of likely N-dealkylation sites (N-methyl/N-ethyl adjacent to an activating group) is 1. The van der Waals surface area contributed by atoms with Gasteiger partial charge in [-0.1, -0.05) is 13.3 Å². The van der Waals surface area contributed by atoms with Crippen molar-refractivity contribution in [3.8, 4) is 11.5 Å². The molecule has 4 N–H and O–H groups in total. The minimum atomic E-state index is -0.385. The minimum absolute atomic E-state index is 0.00172. The van der Waals surface area contributed by atoms with Crippen LogP contribution in [0.15, 0.2) is 12.1 Å². The normalized spacial score (nSPS) is 17.0. The third-order valence-corrected chi connectivity index (χ3v) is 6.47. The molecule has 1 aromatic carbocycles. The van der Waals surface area contributed by atoms with E-state index < -0.39 is 0 Å². The Labute approximate surface area is 182 Å². The van der Waals surface area contributed by atoms with Crippen LogP contribution in [0.25, 0.3) is 22.6 Å². The van der Waals surface area contributed by atoms with E-state index in [2.05, 4.69) is 27.4 Å². The topological polar surface area (TPSA) is 110 Å². The summed E-state index contributed by atoms with van der Waals surface area (Å²) in [6, 6.07) is 3.60. The predicted octanol–water partition coefficient (Wildman–Crippen LogP) is 2.71. The van der Waals surface area contributed by atoms with Gasteiger partial charge >= 0.3 is 0 Å². The molecule has 4 rings (SSSR count). The number of amides is 1. The molecule has 3 aromatic rings. The van der Waals surface area contributed by atoms with Gasteiger partial charge in [0, 0.05) is 30.5 Å². The van der Waals surface area contributed by atoms with Gasteiger partial charge < -0.3 is 20.3 Å². The highest BCUT2D eigenvalue weighted by molar-refractivity contribution is 5.99. The number of hydrogen-bond donors (Lipinski definition) is 4. The van der Waals surface area contributed by atoms with Gasteiger partial charge in [0.2, 0.25) is 5.91 Å². The van der Waals surface area contributed by atoms with Gasteiger partial charge in [-0.3, -0.25) is 9.89 Å². The van der Waals surface area contributed by atoms with E-state index in [1.807, 2.05) is 19.1 Å². The number of carbonyl (C=O) groups excluding carboxylic acids is 1. The highest BCUT2D eigenvalue weighted by Gasteiger charge is 2.25. The molecule has 8 nitrogen and oxygen atoms in total. The number of aromatic nitrogens is 4. The lowest BCUT2D eigenvalue weighted by Crippen LogP contribution is -2.44. The molecule has 0 fully saturated rings. The number of imidazole rings is 1. The second kappa shape index (κ2) is 8.80. The number of fused-ring (bicyclic) bond motifs is 2. The fourth-order valence-corrected chi connectivity index (χ4v) is 4.52. The Bertz CT molecular complexity index is 1090. The quantitative estimate of drug-likeness (QED) is 0.466. The predicted molar refractivity (Wildman–Crippen MR) is 122 cm³/mol. The average molecular weight is 425 g/mol. The molecule has 2 atom stereocenters. The first kappa shape index (κ1) is 21.5. The fraction of sp³-hybridized carbons (Fsp3) is 0.522. The van der Waals surface area contributed by atoms with Crippen LogP contribution in [-0.2, 0) is 17.6 Å². The number of aliphatic hydroxyl groups excluding tert-OH is 1. The molecule has 0 bridgehead atoms. The maximum Gasteiger partial charge on any atom is 0.243 e. The molecule has 1 amide bonds. The first-order valence-corrected chi connectivity index (χ1v) is 11.1. The molecule has 1 aliphatic carbocycles. The lowest BCUT2D eigenvalue weighted by molar-refractivity contribution is -0.119. The van der Waals surface area contributed by atoms with Crippen LogP contribution in [0, 0.1) is 12.8 Å². The number of hydrogen-bond acceptors (Lipinski definition) is 5. The number of aryl methyl sites for hydroxylation is 2. The summed E-state index contributed by atoms with van der Waals surface area (Å²) in [5.41, 5.74) is 6.98. The molecule has 0 aliphatic heterocycles. The Morgan fingerprint density at radius 1 is 1.42 bits per heavy atom. The van der Waals surface area contributed by atoms with Crippen molar-refractivity contribution in [3.63, 3.8) is 0 Å². The number of aliphatic hydroxyl groups is 1. The van der Waals surface area contributed by atoms with Crippen molar-refractivity contribution in [2.45, 2.75) is 52.5 Å². The van der Waals surface area contributed by atoms with Gasteiger partial charge in [0.15, 0.2) is 5.82 Å². The molecule has 0 unspecified atom stereocenters. The van der Waals surface area contributed by atoms with E-state index in [-0.39, 0.29) is 18.6 Å². The van der Waals surface area contributed by atoms with Crippen LogP contribution in [0.4, 0.5) is 5.69 Å². The van der Waals surface area contributed by atoms with Gasteiger partial charge in [-0.25, -0.2) is 4.98 Å². The molecule has 0 saturated carbocycles. The van der Waals surface area contributed by atoms with Gasteiger partial charge in [0.1, 0.15) is 5.69 Å². The maximum absolute atomic E-state index is 12.8. The zero-order chi connectivity index (χ0) is 22.1. The van der Waals surface area contributed by atoms with Crippen molar-refractivity contribution in [2.75, 3.05) is 25.1 Å². The first-order chi connectivity index (χ1) is 14.9. The second-order valence-corrected chi connectivity index (χ2v) is 8.58. The number of aromatic amines is 2. The van der Waals surface area contributed by atoms with E-state index in [0.29, 0.717) is 12.5 Å². The zero-order valence-corrected chi connectivity index (χ0v) is 18.7. The van der Waals surface area contributed by atoms with Gasteiger partial charge in [-0.05, 0) is 56.7 Å². The summed E-state index contributed by atoms with van der Waals surface area (Å²) in [6.45, 7) is 6.43. The Morgan fingerprint density at radius 3 is 2.97 bits per heavy atom. The van der Waals surface area contributed by atoms with E-state index in [1.54, 1.807) is 18.9 Å². The summed E-state index contributed by atoms with van der Waals surface area (Å²) in [7, 11) is 1.77. The van der Waals surface area contributed by atoms with Crippen LogP contribution in [0.5, 0.6) is 0 Å². The number of nitrogens with zero attached hydrogens (tertiary/aromatic N) is 3. The van der Waals surface area contributed by atoms with Crippen molar-refractivity contribution < 1.29 is 9.90 Å². The van der Waals surface area contributed by atoms with Gasteiger partial charge in [0.05, 0.1) is 23.7 Å². The van der Waals surface area contributed by atoms with E-state index in [4.69, 9.17) is 10.1 Å². The lowest BCUT2D eigenvalue weighted by Gasteiger charge is -2.23. The summed E-state index contributed by atoms with van der Waals surface area (Å²) in [5.74, 6) is 1.41. The standard InChI is InChI=1S/C23H32N6O2/c1-5-15-6-7-17-16(11-15)21(28-27-17)22-25-18-10-13(2)20(12-19(18)26-22)29(4)23(31)14(3)24-8-9-30/h10,12,14-15,24,30H,5-9,11H2,1-4H3,(H,25,26)(H,27,28)/t14-,15-/m0/s1. The van der Waals surface area contributed by atoms with Crippen LogP contribution < -0.4 is 10.2 Å². The second-order valence-electron chi connectivity index (χ2n) is 8.58. The monoisotopic (exact) mass is 424 g/mol. The third kappa shape index (κ3) is 4.09. The summed E-state index contributed by atoms with van der Waals surface area (Å²) in [4.78, 5) is 22.7. The molecule has 166 valence electrons. The first-order valence-electron chi connectivity index (χ1n) is 11.1. The van der Waals surface area contributed by atoms with Crippen LogP contribution in [0.2, 0.25) is 0 Å². The average Bonchev–Trinajstić information content (AvgIpc) is 3.38. The van der Waals surface area contributed by atoms with E-state index in [1.165, 1.54) is 24.1 Å². The van der Waals surface area contributed by atoms with Crippen LogP contribution in [-0.4, -0.2) is 57.4 Å². The molecule has 0 saturated heterocycles. The van der Waals surface area contributed by atoms with Crippen LogP contribution in [0.1, 0.15) is 43.5 Å². The van der Waals surface area contributed by atoms with Gasteiger partial charge in [0.25, 0.3) is 0 Å². The van der Waals surface area contributed by atoms with Crippen molar-refractivity contribution in [1.29, 1.82) is 0 Å². The fourth-order valence-electron chi connectivity index (χ4n) is 4.52. The van der Waals surface area contributed by atoms with E-state index >= 15 is 0 Å². The Morgan fingerprint density at radius 2 is 2.23 bits per heavy atom. The highest BCUT2D eigenvalue weighted by Crippen LogP contribution is 2.34. The van der Waals surface area contributed by atoms with Crippen molar-refractivity contribution >= 4 is 22.6 Å². The maximum atomic E-state index is 12.8. The summed E-state index contributed by atoms with van der Waals surface area (Å²) >= 11 is 0. The number of anilines is 1. The summed E-state index contributed by atoms with van der Waals surface area (Å²) in [5, 5.41) is 19.8. The Kier molecular flexibility index (Phi) is 6.11. The number of carbonyl (C=O) groups is 1. The zero-order valence-electron chi connectivity index (χ0n) is 18.7. The summed E-state index contributed by atoms with van der Waals surface area (Å²) < 4.78 is 0. The van der Waals surface area contributed by atoms with E-state index in [0.717, 1.165) is 46.6 Å². The minimum Gasteiger partial charge on any atom is -0.395 e. The third-order valence-electron chi connectivity index (χ3n) is 6.47. The van der Waals surface area contributed by atoms with E-state index in [9.17, 15) is 4.79 Å². The molecular weight excluding hydrogens is 392 g/mol. The summed E-state index contributed by atoms with van der Waals surface area (Å²) in [6.07, 6.45) is 4.47. The SMILES string of the molecule is CC[C@H]1CCc2[nH]nc(-c3nc4cc(N(C)C(=O)[C@H](C)NCCO)c(C)cc4[nH]3)c2C1. The van der Waals surface area contributed by atoms with Gasteiger partial charge in [-0.2, -0.15) is 5.10 Å². The number of H-pyrrole nitrogens is 2. The van der Waals surface area contributed by atoms with Crippen molar-refractivity contribution in [1.82, 2.24) is 25.5 Å². The molecule has 1 aliphatic rings. The van der Waals surface area contributed by atoms with Gasteiger partial charge in [-0.15, -0.1) is 0 Å². The number of nitrogens with one attached hydrogen (secondary N) is 3. The molecule has 0 radical (unpaired) electrons. The lowest BCUT2D eigenvalue weighted by atomic mass is 9.85. The highest BCUT2D eigenvalue weighted by atomic mass is 16.3. The molecule has 2 aromatic heterocycles. The largest absolute Gasteiger partial charge is 0.395 e. The molecule has 2 heterocycles. The van der Waals surface area contributed by atoms with Crippen molar-refractivity contribution in [3.05, 3.63) is 29.0 Å². The van der Waals surface area contributed by atoms with Crippen LogP contribution >= 0.6 is 0 Å². The number of rotatable bonds is 7. The smallest absolute Gasteiger partial charge is 0.243 e. The van der Waals surface area contributed by atoms with Crippen molar-refractivity contribution in [2.24, 2.45) is 5.92 Å². The van der Waals surface area contributed by atoms with Crippen LogP contribution in [0.3, 0.4) is 0 Å². The molecular formula is C23H32N6O2. The Balaban J connectivity index is 1.65. The number of benzene rings is 1. The molecule has 8 heteroatoms.